The molecule has 0 saturated carbocycles. The number of H-pyrrole nitrogens is 1. The van der Waals surface area contributed by atoms with E-state index in [9.17, 15) is 4.79 Å². The van der Waals surface area contributed by atoms with E-state index in [-0.39, 0.29) is 11.7 Å². The van der Waals surface area contributed by atoms with E-state index in [1.165, 1.54) is 0 Å². The van der Waals surface area contributed by atoms with Gasteiger partial charge in [0.2, 0.25) is 5.82 Å². The first kappa shape index (κ1) is 12.3. The molecular weight excluding hydrogens is 304 g/mol. The second kappa shape index (κ2) is 4.97. The normalized spacial score (nSPS) is 10.5. The van der Waals surface area contributed by atoms with Gasteiger partial charge in [0.25, 0.3) is 5.91 Å². The molecule has 2 heterocycles. The van der Waals surface area contributed by atoms with E-state index in [4.69, 9.17) is 0 Å². The molecular formula is C10H11BrN4OS. The molecule has 5 nitrogen and oxygen atoms in total. The summed E-state index contributed by atoms with van der Waals surface area (Å²) in [6.45, 7) is 2.31. The molecule has 0 aliphatic heterocycles. The fraction of sp³-hybridized carbons (Fsp3) is 0.300. The van der Waals surface area contributed by atoms with Gasteiger partial charge in [0, 0.05) is 13.6 Å². The van der Waals surface area contributed by atoms with Crippen LogP contribution >= 0.6 is 27.3 Å². The summed E-state index contributed by atoms with van der Waals surface area (Å²) in [7, 11) is 1.74. The second-order valence-electron chi connectivity index (χ2n) is 3.66. The van der Waals surface area contributed by atoms with Crippen molar-refractivity contribution in [2.24, 2.45) is 0 Å². The van der Waals surface area contributed by atoms with E-state index in [1.807, 2.05) is 11.4 Å². The van der Waals surface area contributed by atoms with Crippen molar-refractivity contribution in [3.05, 3.63) is 32.4 Å². The quantitative estimate of drug-likeness (QED) is 0.944. The molecule has 0 spiro atoms. The van der Waals surface area contributed by atoms with Crippen LogP contribution in [-0.2, 0) is 6.54 Å². The Morgan fingerprint density at radius 1 is 1.65 bits per heavy atom. The molecule has 2 rings (SSSR count). The smallest absolute Gasteiger partial charge is 0.293 e. The number of halogens is 1. The Labute approximate surface area is 111 Å². The van der Waals surface area contributed by atoms with Gasteiger partial charge in [-0.05, 0) is 39.9 Å². The molecule has 0 aliphatic rings. The van der Waals surface area contributed by atoms with Crippen LogP contribution in [0.2, 0.25) is 0 Å². The van der Waals surface area contributed by atoms with Crippen LogP contribution in [0, 0.1) is 6.92 Å². The Bertz CT molecular complexity index is 536. The Hall–Kier alpha value is -1.21. The van der Waals surface area contributed by atoms with Gasteiger partial charge >= 0.3 is 0 Å². The van der Waals surface area contributed by atoms with Crippen LogP contribution < -0.4 is 0 Å². The van der Waals surface area contributed by atoms with Gasteiger partial charge in [-0.3, -0.25) is 9.89 Å². The molecule has 7 heteroatoms. The number of nitrogens with zero attached hydrogens (tertiary/aromatic N) is 3. The molecule has 1 amide bonds. The Morgan fingerprint density at radius 2 is 2.41 bits per heavy atom. The summed E-state index contributed by atoms with van der Waals surface area (Å²) < 4.78 is 1.06. The molecule has 2 aromatic heterocycles. The summed E-state index contributed by atoms with van der Waals surface area (Å²) in [6, 6.07) is 2.00. The maximum atomic E-state index is 11.9. The molecule has 0 radical (unpaired) electrons. The number of hydrogen-bond acceptors (Lipinski definition) is 4. The first-order valence-corrected chi connectivity index (χ1v) is 6.61. The molecule has 0 aliphatic carbocycles. The number of rotatable bonds is 3. The third-order valence-corrected chi connectivity index (χ3v) is 3.73. The van der Waals surface area contributed by atoms with Crippen LogP contribution in [0.4, 0.5) is 0 Å². The Balaban J connectivity index is 2.05. The molecule has 0 unspecified atom stereocenters. The van der Waals surface area contributed by atoms with Crippen molar-refractivity contribution < 1.29 is 4.79 Å². The second-order valence-corrected chi connectivity index (χ2v) is 5.96. The van der Waals surface area contributed by atoms with E-state index in [2.05, 4.69) is 31.1 Å². The van der Waals surface area contributed by atoms with E-state index >= 15 is 0 Å². The zero-order valence-corrected chi connectivity index (χ0v) is 11.8. The number of aromatic nitrogens is 3. The summed E-state index contributed by atoms with van der Waals surface area (Å²) in [5, 5.41) is 8.52. The first-order chi connectivity index (χ1) is 8.06. The lowest BCUT2D eigenvalue weighted by atomic mass is 10.3. The fourth-order valence-corrected chi connectivity index (χ4v) is 2.58. The first-order valence-electron chi connectivity index (χ1n) is 4.93. The highest BCUT2D eigenvalue weighted by Crippen LogP contribution is 2.21. The molecule has 0 bridgehead atoms. The molecule has 90 valence electrons. The summed E-state index contributed by atoms with van der Waals surface area (Å²) >= 11 is 4.99. The lowest BCUT2D eigenvalue weighted by Gasteiger charge is -2.13. The van der Waals surface area contributed by atoms with Gasteiger partial charge in [0.05, 0.1) is 3.79 Å². The number of carbonyl (C=O) groups is 1. The van der Waals surface area contributed by atoms with Gasteiger partial charge in [-0.15, -0.1) is 16.4 Å². The molecule has 2 aromatic rings. The number of aromatic amines is 1. The lowest BCUT2D eigenvalue weighted by molar-refractivity contribution is 0.0773. The van der Waals surface area contributed by atoms with Crippen molar-refractivity contribution in [3.63, 3.8) is 0 Å². The van der Waals surface area contributed by atoms with Crippen molar-refractivity contribution >= 4 is 33.2 Å². The number of carbonyl (C=O) groups excluding carboxylic acids is 1. The van der Waals surface area contributed by atoms with Crippen LogP contribution in [0.25, 0.3) is 0 Å². The van der Waals surface area contributed by atoms with Crippen molar-refractivity contribution in [1.29, 1.82) is 0 Å². The minimum atomic E-state index is -0.184. The van der Waals surface area contributed by atoms with Gasteiger partial charge < -0.3 is 4.90 Å². The van der Waals surface area contributed by atoms with Gasteiger partial charge in [0.15, 0.2) is 0 Å². The van der Waals surface area contributed by atoms with E-state index < -0.39 is 0 Å². The third kappa shape index (κ3) is 2.92. The topological polar surface area (TPSA) is 61.9 Å². The average Bonchev–Trinajstić information content (AvgIpc) is 2.87. The summed E-state index contributed by atoms with van der Waals surface area (Å²) in [5.74, 6) is 0.663. The highest BCUT2D eigenvalue weighted by Gasteiger charge is 2.16. The van der Waals surface area contributed by atoms with E-state index in [0.29, 0.717) is 12.4 Å². The Morgan fingerprint density at radius 3 is 2.94 bits per heavy atom. The predicted molar refractivity (Wildman–Crippen MR) is 68.9 cm³/mol. The largest absolute Gasteiger partial charge is 0.335 e. The van der Waals surface area contributed by atoms with E-state index in [1.54, 1.807) is 30.2 Å². The molecule has 0 saturated heterocycles. The fourth-order valence-electron chi connectivity index (χ4n) is 1.38. The van der Waals surface area contributed by atoms with E-state index in [0.717, 1.165) is 9.35 Å². The molecule has 0 aromatic carbocycles. The standard InChI is InChI=1S/C10H11BrN4OS/c1-6-12-9(14-13-6)10(16)15(2)4-7-3-8(11)17-5-7/h3,5H,4H2,1-2H3,(H,12,13,14). The van der Waals surface area contributed by atoms with Gasteiger partial charge in [-0.2, -0.15) is 0 Å². The van der Waals surface area contributed by atoms with Gasteiger partial charge in [0.1, 0.15) is 5.82 Å². The van der Waals surface area contributed by atoms with Crippen molar-refractivity contribution in [2.45, 2.75) is 13.5 Å². The monoisotopic (exact) mass is 314 g/mol. The molecule has 17 heavy (non-hydrogen) atoms. The maximum Gasteiger partial charge on any atom is 0.293 e. The van der Waals surface area contributed by atoms with Gasteiger partial charge in [-0.25, -0.2) is 4.98 Å². The zero-order valence-electron chi connectivity index (χ0n) is 9.40. The highest BCUT2D eigenvalue weighted by molar-refractivity contribution is 9.11. The Kier molecular flexibility index (Phi) is 3.58. The van der Waals surface area contributed by atoms with Crippen molar-refractivity contribution in [3.8, 4) is 0 Å². The summed E-state index contributed by atoms with van der Waals surface area (Å²) in [5.41, 5.74) is 1.09. The minimum Gasteiger partial charge on any atom is -0.335 e. The number of thiophene rings is 1. The molecule has 1 N–H and O–H groups in total. The molecule has 0 fully saturated rings. The van der Waals surface area contributed by atoms with Crippen molar-refractivity contribution in [1.82, 2.24) is 20.1 Å². The SMILES string of the molecule is Cc1nc(C(=O)N(C)Cc2csc(Br)c2)n[nH]1. The number of aryl methyl sites for hydroxylation is 1. The van der Waals surface area contributed by atoms with Gasteiger partial charge in [-0.1, -0.05) is 0 Å². The molecule has 0 atom stereocenters. The zero-order chi connectivity index (χ0) is 12.4. The van der Waals surface area contributed by atoms with Crippen LogP contribution in [0.1, 0.15) is 22.0 Å². The van der Waals surface area contributed by atoms with Crippen molar-refractivity contribution in [2.75, 3.05) is 7.05 Å². The highest BCUT2D eigenvalue weighted by atomic mass is 79.9. The number of hydrogen-bond donors (Lipinski definition) is 1. The summed E-state index contributed by atoms with van der Waals surface area (Å²) in [4.78, 5) is 17.6. The summed E-state index contributed by atoms with van der Waals surface area (Å²) in [6.07, 6.45) is 0. The lowest BCUT2D eigenvalue weighted by Crippen LogP contribution is -2.27. The van der Waals surface area contributed by atoms with Crippen LogP contribution in [-0.4, -0.2) is 33.0 Å². The van der Waals surface area contributed by atoms with Crippen LogP contribution in [0.15, 0.2) is 15.2 Å². The predicted octanol–water partition coefficient (Wildman–Crippen LogP) is 2.21. The number of nitrogens with one attached hydrogen (secondary N) is 1. The van der Waals surface area contributed by atoms with Crippen LogP contribution in [0.5, 0.6) is 0 Å². The average molecular weight is 315 g/mol. The maximum absolute atomic E-state index is 11.9. The minimum absolute atomic E-state index is 0.184. The number of amides is 1. The van der Waals surface area contributed by atoms with Crippen LogP contribution in [0.3, 0.4) is 0 Å². The third-order valence-electron chi connectivity index (χ3n) is 2.18.